The van der Waals surface area contributed by atoms with Gasteiger partial charge in [0.1, 0.15) is 17.9 Å². The van der Waals surface area contributed by atoms with Gasteiger partial charge < -0.3 is 9.84 Å². The molecule has 1 N–H and O–H groups in total. The lowest BCUT2D eigenvalue weighted by Crippen LogP contribution is -2.03. The number of benzene rings is 1. The van der Waals surface area contributed by atoms with Gasteiger partial charge in [0.25, 0.3) is 0 Å². The molecule has 0 saturated carbocycles. The molecule has 0 atom stereocenters. The van der Waals surface area contributed by atoms with Crippen LogP contribution in [0.5, 0.6) is 5.75 Å². The Labute approximate surface area is 106 Å². The average molecular weight is 270 g/mol. The van der Waals surface area contributed by atoms with Crippen LogP contribution in [-0.2, 0) is 6.61 Å². The molecule has 0 aliphatic heterocycles. The topological polar surface area (TPSA) is 59.4 Å². The van der Waals surface area contributed by atoms with Gasteiger partial charge in [-0.15, -0.1) is 11.3 Å². The lowest BCUT2D eigenvalue weighted by molar-refractivity contribution is 0.0692. The molecule has 0 radical (unpaired) electrons. The van der Waals surface area contributed by atoms with Crippen LogP contribution in [0, 0.1) is 0 Å². The van der Waals surface area contributed by atoms with Gasteiger partial charge in [0.15, 0.2) is 0 Å². The van der Waals surface area contributed by atoms with Crippen molar-refractivity contribution in [1.29, 1.82) is 0 Å². The molecule has 0 amide bonds. The number of thiazole rings is 1. The number of halogens is 1. The Hall–Kier alpha value is -1.59. The molecule has 0 aliphatic carbocycles. The Balaban J connectivity index is 2.21. The van der Waals surface area contributed by atoms with Crippen LogP contribution >= 0.6 is 22.9 Å². The van der Waals surface area contributed by atoms with E-state index in [1.807, 2.05) is 0 Å². The molecule has 88 valence electrons. The largest absolute Gasteiger partial charge is 0.487 e. The molecule has 2 rings (SSSR count). The standard InChI is InChI=1S/C11H8ClNO3S/c12-8-2-1-3-9(10(8)11(14)15)16-5-7-4-13-6-17-7/h1-4,6H,5H2,(H,14,15). The summed E-state index contributed by atoms with van der Waals surface area (Å²) in [6, 6.07) is 4.75. The maximum Gasteiger partial charge on any atom is 0.341 e. The van der Waals surface area contributed by atoms with E-state index in [0.29, 0.717) is 0 Å². The number of carboxylic acids is 1. The van der Waals surface area contributed by atoms with Crippen LogP contribution in [0.15, 0.2) is 29.9 Å². The third-order valence-corrected chi connectivity index (χ3v) is 3.11. The second-order valence-corrected chi connectivity index (χ2v) is 4.55. The van der Waals surface area contributed by atoms with E-state index in [0.717, 1.165) is 4.88 Å². The normalized spacial score (nSPS) is 10.2. The predicted molar refractivity (Wildman–Crippen MR) is 64.9 cm³/mol. The first-order chi connectivity index (χ1) is 8.18. The van der Waals surface area contributed by atoms with Gasteiger partial charge in [-0.05, 0) is 12.1 Å². The van der Waals surface area contributed by atoms with Crippen LogP contribution in [0.1, 0.15) is 15.2 Å². The summed E-state index contributed by atoms with van der Waals surface area (Å²) in [5, 5.41) is 9.20. The number of nitrogens with zero attached hydrogens (tertiary/aromatic N) is 1. The number of aromatic carboxylic acids is 1. The Kier molecular flexibility index (Phi) is 3.61. The highest BCUT2D eigenvalue weighted by Crippen LogP contribution is 2.27. The van der Waals surface area contributed by atoms with Gasteiger partial charge in [-0.2, -0.15) is 0 Å². The summed E-state index contributed by atoms with van der Waals surface area (Å²) < 4.78 is 5.43. The van der Waals surface area contributed by atoms with E-state index >= 15 is 0 Å². The van der Waals surface area contributed by atoms with Crippen molar-refractivity contribution in [1.82, 2.24) is 4.98 Å². The zero-order valence-corrected chi connectivity index (χ0v) is 10.2. The van der Waals surface area contributed by atoms with E-state index in [1.165, 1.54) is 17.4 Å². The summed E-state index contributed by atoms with van der Waals surface area (Å²) in [6.07, 6.45) is 1.68. The van der Waals surface area contributed by atoms with Gasteiger partial charge in [0.05, 0.1) is 15.4 Å². The summed E-state index contributed by atoms with van der Waals surface area (Å²) in [6.45, 7) is 0.283. The minimum atomic E-state index is -1.10. The van der Waals surface area contributed by atoms with Gasteiger partial charge >= 0.3 is 5.97 Å². The molecule has 0 fully saturated rings. The van der Waals surface area contributed by atoms with E-state index in [-0.39, 0.29) is 22.9 Å². The van der Waals surface area contributed by atoms with E-state index in [9.17, 15) is 4.79 Å². The zero-order chi connectivity index (χ0) is 12.3. The molecule has 0 saturated heterocycles. The molecule has 0 unspecified atom stereocenters. The monoisotopic (exact) mass is 269 g/mol. The minimum absolute atomic E-state index is 0.0151. The molecule has 4 nitrogen and oxygen atoms in total. The van der Waals surface area contributed by atoms with Gasteiger partial charge in [0.2, 0.25) is 0 Å². The van der Waals surface area contributed by atoms with Crippen molar-refractivity contribution in [3.8, 4) is 5.75 Å². The van der Waals surface area contributed by atoms with Crippen molar-refractivity contribution in [2.24, 2.45) is 0 Å². The third kappa shape index (κ3) is 2.75. The van der Waals surface area contributed by atoms with Crippen LogP contribution in [0.4, 0.5) is 0 Å². The average Bonchev–Trinajstić information content (AvgIpc) is 2.78. The van der Waals surface area contributed by atoms with Crippen molar-refractivity contribution in [2.75, 3.05) is 0 Å². The van der Waals surface area contributed by atoms with Gasteiger partial charge in [0, 0.05) is 6.20 Å². The molecule has 2 aromatic rings. The van der Waals surface area contributed by atoms with Crippen molar-refractivity contribution in [3.63, 3.8) is 0 Å². The van der Waals surface area contributed by atoms with E-state index in [1.54, 1.807) is 23.8 Å². The summed E-state index contributed by atoms with van der Waals surface area (Å²) >= 11 is 7.26. The fourth-order valence-corrected chi connectivity index (χ4v) is 2.05. The summed E-state index contributed by atoms with van der Waals surface area (Å²) in [7, 11) is 0. The molecule has 1 heterocycles. The van der Waals surface area contributed by atoms with Gasteiger partial charge in [-0.3, -0.25) is 4.98 Å². The van der Waals surface area contributed by atoms with Crippen LogP contribution in [0.2, 0.25) is 5.02 Å². The Bertz CT molecular complexity index is 528. The molecule has 0 bridgehead atoms. The lowest BCUT2D eigenvalue weighted by atomic mass is 10.2. The number of carbonyl (C=O) groups is 1. The Morgan fingerprint density at radius 3 is 3.00 bits per heavy atom. The number of rotatable bonds is 4. The lowest BCUT2D eigenvalue weighted by Gasteiger charge is -2.08. The smallest absolute Gasteiger partial charge is 0.341 e. The van der Waals surface area contributed by atoms with E-state index in [4.69, 9.17) is 21.4 Å². The Morgan fingerprint density at radius 2 is 2.35 bits per heavy atom. The fraction of sp³-hybridized carbons (Fsp3) is 0.0909. The summed E-state index contributed by atoms with van der Waals surface area (Å²) in [4.78, 5) is 15.9. The maximum absolute atomic E-state index is 11.0. The summed E-state index contributed by atoms with van der Waals surface area (Å²) in [5.74, 6) is -0.840. The highest BCUT2D eigenvalue weighted by Gasteiger charge is 2.15. The highest BCUT2D eigenvalue weighted by molar-refractivity contribution is 7.09. The van der Waals surface area contributed by atoms with Crippen LogP contribution in [-0.4, -0.2) is 16.1 Å². The fourth-order valence-electron chi connectivity index (χ4n) is 1.29. The third-order valence-electron chi connectivity index (χ3n) is 2.04. The summed E-state index contributed by atoms with van der Waals surface area (Å²) in [5.41, 5.74) is 1.67. The number of aromatic nitrogens is 1. The molecule has 0 aliphatic rings. The number of hydrogen-bond donors (Lipinski definition) is 1. The molecule has 0 spiro atoms. The first-order valence-corrected chi connectivity index (χ1v) is 5.96. The van der Waals surface area contributed by atoms with Crippen molar-refractivity contribution in [2.45, 2.75) is 6.61 Å². The zero-order valence-electron chi connectivity index (χ0n) is 8.59. The van der Waals surface area contributed by atoms with E-state index in [2.05, 4.69) is 4.98 Å². The first-order valence-electron chi connectivity index (χ1n) is 4.70. The van der Waals surface area contributed by atoms with Crippen molar-refractivity contribution >= 4 is 28.9 Å². The predicted octanol–water partition coefficient (Wildman–Crippen LogP) is 3.07. The molecular formula is C11H8ClNO3S. The Morgan fingerprint density at radius 1 is 1.53 bits per heavy atom. The highest BCUT2D eigenvalue weighted by atomic mass is 35.5. The van der Waals surface area contributed by atoms with Crippen LogP contribution < -0.4 is 4.74 Å². The van der Waals surface area contributed by atoms with Crippen molar-refractivity contribution in [3.05, 3.63) is 45.4 Å². The van der Waals surface area contributed by atoms with Gasteiger partial charge in [-0.25, -0.2) is 4.79 Å². The quantitative estimate of drug-likeness (QED) is 0.927. The minimum Gasteiger partial charge on any atom is -0.487 e. The number of carboxylic acid groups (broad SMARTS) is 1. The molecule has 1 aromatic heterocycles. The van der Waals surface area contributed by atoms with E-state index < -0.39 is 5.97 Å². The maximum atomic E-state index is 11.0. The SMILES string of the molecule is O=C(O)c1c(Cl)cccc1OCc1cncs1. The molecular weight excluding hydrogens is 262 g/mol. The molecule has 1 aromatic carbocycles. The van der Waals surface area contributed by atoms with Crippen LogP contribution in [0.3, 0.4) is 0 Å². The van der Waals surface area contributed by atoms with Crippen LogP contribution in [0.25, 0.3) is 0 Å². The van der Waals surface area contributed by atoms with Gasteiger partial charge in [-0.1, -0.05) is 17.7 Å². The van der Waals surface area contributed by atoms with Crippen molar-refractivity contribution < 1.29 is 14.6 Å². The molecule has 6 heteroatoms. The second-order valence-electron chi connectivity index (χ2n) is 3.17. The second kappa shape index (κ2) is 5.16. The number of ether oxygens (including phenoxy) is 1. The first kappa shape index (κ1) is 11.9. The molecule has 17 heavy (non-hydrogen) atoms. The number of hydrogen-bond acceptors (Lipinski definition) is 4.